The number of nitrogens with zero attached hydrogens (tertiary/aromatic N) is 3. The summed E-state index contributed by atoms with van der Waals surface area (Å²) in [6.07, 6.45) is 0. The zero-order valence-electron chi connectivity index (χ0n) is 11.6. The van der Waals surface area contributed by atoms with Crippen LogP contribution >= 0.6 is 11.3 Å². The van der Waals surface area contributed by atoms with E-state index in [1.807, 2.05) is 0 Å². The maximum atomic E-state index is 11.9. The number of carbonyl (C=O) groups is 2. The molecule has 0 spiro atoms. The van der Waals surface area contributed by atoms with E-state index in [0.717, 1.165) is 11.3 Å². The van der Waals surface area contributed by atoms with Crippen molar-refractivity contribution < 1.29 is 56.4 Å². The molecule has 2 aliphatic heterocycles. The summed E-state index contributed by atoms with van der Waals surface area (Å²) in [5.74, 6) is -0.294. The number of carbonyl (C=O) groups excluding carboxylic acids is 2. The first-order valence-electron chi connectivity index (χ1n) is 5.75. The Balaban J connectivity index is 0.00000176. The van der Waals surface area contributed by atoms with Crippen molar-refractivity contribution in [2.24, 2.45) is 0 Å². The topological polar surface area (TPSA) is 132 Å². The van der Waals surface area contributed by atoms with E-state index < -0.39 is 22.5 Å². The third-order valence-electron chi connectivity index (χ3n) is 2.96. The quantitative estimate of drug-likeness (QED) is 0.342. The van der Waals surface area contributed by atoms with E-state index in [-0.39, 0.29) is 48.6 Å². The number of hydroxylamine groups is 2. The predicted octanol–water partition coefficient (Wildman–Crippen LogP) is -3.21. The Hall–Kier alpha value is -0.760. The summed E-state index contributed by atoms with van der Waals surface area (Å²) < 4.78 is 36.4. The van der Waals surface area contributed by atoms with Crippen molar-refractivity contribution in [3.8, 4) is 0 Å². The van der Waals surface area contributed by atoms with E-state index >= 15 is 0 Å². The standard InChI is InChI=1S/C9H10N4O6S2.Na/c1-4(14)10-8-11-5-2-12-3-6(7(5)20-8)13(9(12)15)19-21(16,17)18;/h6H,2-3H2,1H3,(H,10,11,14)(H,16,17,18);/q;+1/p-1. The van der Waals surface area contributed by atoms with Gasteiger partial charge in [-0.15, -0.1) is 0 Å². The zero-order valence-corrected chi connectivity index (χ0v) is 15.2. The third kappa shape index (κ3) is 3.27. The SMILES string of the molecule is CC(=O)Nc1nc2c(s1)C1CN(C2)C(=O)N1OS(=O)(=O)[O-].[Na+]. The molecule has 0 aromatic carbocycles. The summed E-state index contributed by atoms with van der Waals surface area (Å²) in [6, 6.07) is -1.43. The van der Waals surface area contributed by atoms with Crippen LogP contribution in [-0.2, 0) is 26.0 Å². The second kappa shape index (κ2) is 6.03. The first-order chi connectivity index (χ1) is 9.74. The normalized spacial score (nSPS) is 19.7. The number of nitrogens with one attached hydrogen (secondary N) is 1. The van der Waals surface area contributed by atoms with Crippen molar-refractivity contribution in [3.05, 3.63) is 10.6 Å². The Morgan fingerprint density at radius 3 is 2.82 bits per heavy atom. The fraction of sp³-hybridized carbons (Fsp3) is 0.444. The third-order valence-corrected chi connectivity index (χ3v) is 4.42. The maximum absolute atomic E-state index is 11.9. The minimum Gasteiger partial charge on any atom is -0.724 e. The minimum absolute atomic E-state index is 0. The van der Waals surface area contributed by atoms with Gasteiger partial charge in [-0.3, -0.25) is 4.79 Å². The molecule has 1 N–H and O–H groups in total. The molecule has 1 fully saturated rings. The van der Waals surface area contributed by atoms with Gasteiger partial charge in [0, 0.05) is 6.92 Å². The number of hydrogen-bond acceptors (Lipinski definition) is 8. The van der Waals surface area contributed by atoms with Crippen LogP contribution in [0.5, 0.6) is 0 Å². The van der Waals surface area contributed by atoms with Gasteiger partial charge in [0.1, 0.15) is 6.04 Å². The predicted molar refractivity (Wildman–Crippen MR) is 67.6 cm³/mol. The fourth-order valence-electron chi connectivity index (χ4n) is 2.26. The maximum Gasteiger partial charge on any atom is 1.00 e. The van der Waals surface area contributed by atoms with E-state index in [1.165, 1.54) is 11.8 Å². The molecule has 13 heteroatoms. The van der Waals surface area contributed by atoms with Gasteiger partial charge in [-0.05, 0) is 0 Å². The van der Waals surface area contributed by atoms with E-state index in [0.29, 0.717) is 20.8 Å². The Bertz CT molecular complexity index is 734. The number of rotatable bonds is 3. The van der Waals surface area contributed by atoms with Gasteiger partial charge in [-0.1, -0.05) is 11.3 Å². The molecule has 0 saturated carbocycles. The molecule has 1 saturated heterocycles. The van der Waals surface area contributed by atoms with Crippen LogP contribution in [0, 0.1) is 0 Å². The first-order valence-corrected chi connectivity index (χ1v) is 7.90. The number of urea groups is 1. The number of fused-ring (bicyclic) bond motifs is 4. The van der Waals surface area contributed by atoms with E-state index in [9.17, 15) is 22.6 Å². The van der Waals surface area contributed by atoms with Gasteiger partial charge in [0.25, 0.3) is 0 Å². The molecule has 0 aliphatic carbocycles. The van der Waals surface area contributed by atoms with Gasteiger partial charge >= 0.3 is 35.6 Å². The molecule has 1 unspecified atom stereocenters. The zero-order chi connectivity index (χ0) is 15.4. The van der Waals surface area contributed by atoms with Gasteiger partial charge in [0.2, 0.25) is 16.3 Å². The fourth-order valence-corrected chi connectivity index (χ4v) is 3.72. The molecule has 22 heavy (non-hydrogen) atoms. The number of amides is 3. The largest absolute Gasteiger partial charge is 1.00 e. The molecular formula is C9H9N4NaO6S2. The van der Waals surface area contributed by atoms with Crippen molar-refractivity contribution in [3.63, 3.8) is 0 Å². The van der Waals surface area contributed by atoms with Gasteiger partial charge in [-0.2, -0.15) is 9.35 Å². The van der Waals surface area contributed by atoms with Crippen LogP contribution in [0.1, 0.15) is 23.5 Å². The second-order valence-corrected chi connectivity index (χ2v) is 6.49. The van der Waals surface area contributed by atoms with Crippen LogP contribution in [0.3, 0.4) is 0 Å². The number of thiazole rings is 1. The number of hydrogen-bond donors (Lipinski definition) is 1. The molecule has 10 nitrogen and oxygen atoms in total. The molecular weight excluding hydrogens is 347 g/mol. The average Bonchev–Trinajstić information content (AvgIpc) is 2.83. The number of anilines is 1. The van der Waals surface area contributed by atoms with E-state index in [4.69, 9.17) is 0 Å². The summed E-state index contributed by atoms with van der Waals surface area (Å²) in [4.78, 5) is 29.0. The summed E-state index contributed by atoms with van der Waals surface area (Å²) in [7, 11) is -5.05. The Labute approximate surface area is 151 Å². The molecule has 1 aromatic heterocycles. The van der Waals surface area contributed by atoms with Crippen LogP contribution in [0.25, 0.3) is 0 Å². The van der Waals surface area contributed by atoms with Crippen LogP contribution < -0.4 is 34.9 Å². The van der Waals surface area contributed by atoms with Crippen LogP contribution in [0.15, 0.2) is 0 Å². The minimum atomic E-state index is -5.05. The molecule has 3 rings (SSSR count). The first kappa shape index (κ1) is 17.6. The molecule has 0 radical (unpaired) electrons. The molecule has 1 atom stereocenters. The van der Waals surface area contributed by atoms with Gasteiger partial charge in [0.05, 0.1) is 23.7 Å². The van der Waals surface area contributed by atoms with Crippen LogP contribution in [0.4, 0.5) is 9.93 Å². The van der Waals surface area contributed by atoms with Gasteiger partial charge in [0.15, 0.2) is 5.13 Å². The number of aromatic nitrogens is 1. The van der Waals surface area contributed by atoms with Crippen molar-refractivity contribution >= 4 is 38.8 Å². The summed E-state index contributed by atoms with van der Waals surface area (Å²) in [6.45, 7) is 1.70. The van der Waals surface area contributed by atoms with E-state index in [1.54, 1.807) is 0 Å². The molecule has 2 bridgehead atoms. The summed E-state index contributed by atoms with van der Waals surface area (Å²) in [5.41, 5.74) is 0.544. The molecule has 114 valence electrons. The van der Waals surface area contributed by atoms with Crippen molar-refractivity contribution in [1.29, 1.82) is 0 Å². The van der Waals surface area contributed by atoms with E-state index in [2.05, 4.69) is 14.6 Å². The van der Waals surface area contributed by atoms with Crippen molar-refractivity contribution in [2.75, 3.05) is 11.9 Å². The molecule has 3 amide bonds. The smallest absolute Gasteiger partial charge is 0.724 e. The van der Waals surface area contributed by atoms with Crippen molar-refractivity contribution in [2.45, 2.75) is 19.5 Å². The van der Waals surface area contributed by atoms with Gasteiger partial charge < -0.3 is 14.8 Å². The van der Waals surface area contributed by atoms with Crippen LogP contribution in [0.2, 0.25) is 0 Å². The molecule has 3 heterocycles. The summed E-state index contributed by atoms with van der Waals surface area (Å²) >= 11 is 1.11. The Morgan fingerprint density at radius 1 is 1.55 bits per heavy atom. The Morgan fingerprint density at radius 2 is 2.23 bits per heavy atom. The summed E-state index contributed by atoms with van der Waals surface area (Å²) in [5, 5.41) is 3.41. The average molecular weight is 356 g/mol. The second-order valence-electron chi connectivity index (χ2n) is 4.50. The molecule has 1 aromatic rings. The van der Waals surface area contributed by atoms with Gasteiger partial charge in [-0.25, -0.2) is 18.2 Å². The monoisotopic (exact) mass is 356 g/mol. The van der Waals surface area contributed by atoms with Crippen LogP contribution in [-0.4, -0.2) is 46.4 Å². The van der Waals surface area contributed by atoms with Crippen molar-refractivity contribution in [1.82, 2.24) is 14.9 Å². The Kier molecular flexibility index (Phi) is 4.82. The molecule has 2 aliphatic rings.